The van der Waals surface area contributed by atoms with E-state index in [-0.39, 0.29) is 11.8 Å². The van der Waals surface area contributed by atoms with Crippen molar-refractivity contribution in [2.24, 2.45) is 0 Å². The fraction of sp³-hybridized carbons (Fsp3) is 0.250. The lowest BCUT2D eigenvalue weighted by Crippen LogP contribution is -2.43. The molecule has 2 aliphatic heterocycles. The third kappa shape index (κ3) is 4.66. The predicted octanol–water partition coefficient (Wildman–Crippen LogP) is 4.59. The molecule has 0 atom stereocenters. The maximum atomic E-state index is 15.0. The van der Waals surface area contributed by atoms with E-state index in [9.17, 15) is 9.90 Å². The van der Waals surface area contributed by atoms with Gasteiger partial charge in [-0.3, -0.25) is 15.0 Å². The summed E-state index contributed by atoms with van der Waals surface area (Å²) >= 11 is 6.58. The van der Waals surface area contributed by atoms with Gasteiger partial charge in [-0.2, -0.15) is 5.10 Å². The Morgan fingerprint density at radius 2 is 1.72 bits per heavy atom. The highest BCUT2D eigenvalue weighted by atomic mass is 35.5. The number of nitrogens with zero attached hydrogens (tertiary/aromatic N) is 5. The number of nitrogens with one attached hydrogen (secondary N) is 2. The highest BCUT2D eigenvalue weighted by Crippen LogP contribution is 2.43. The molecule has 0 bridgehead atoms. The lowest BCUT2D eigenvalue weighted by atomic mass is 9.96. The van der Waals surface area contributed by atoms with Crippen LogP contribution in [0.25, 0.3) is 33.5 Å². The number of halogens is 2. The molecule has 11 heteroatoms. The molecule has 0 radical (unpaired) electrons. The highest BCUT2D eigenvalue weighted by molar-refractivity contribution is 6.34. The average Bonchev–Trinajstić information content (AvgIpc) is 3.60. The average molecular weight is 548 g/mol. The fourth-order valence-corrected chi connectivity index (χ4v) is 5.44. The summed E-state index contributed by atoms with van der Waals surface area (Å²) in [6.07, 6.45) is 5.14. The quantitative estimate of drug-likeness (QED) is 0.338. The van der Waals surface area contributed by atoms with Gasteiger partial charge in [0.2, 0.25) is 0 Å². The monoisotopic (exact) mass is 547 g/mol. The first-order chi connectivity index (χ1) is 18.9. The lowest BCUT2D eigenvalue weighted by molar-refractivity contribution is 0.229. The van der Waals surface area contributed by atoms with E-state index < -0.39 is 5.82 Å². The molecule has 9 nitrogen and oxygen atoms in total. The Morgan fingerprint density at radius 3 is 2.38 bits per heavy atom. The number of carbonyl (C=O) groups excluding carboxylic acids is 1. The Bertz CT molecular complexity index is 1540. The first-order valence-electron chi connectivity index (χ1n) is 12.7. The van der Waals surface area contributed by atoms with E-state index in [1.165, 1.54) is 12.1 Å². The number of carbonyl (C=O) groups is 1. The van der Waals surface area contributed by atoms with Gasteiger partial charge in [0.15, 0.2) is 0 Å². The van der Waals surface area contributed by atoms with Gasteiger partial charge >= 0.3 is 6.03 Å². The van der Waals surface area contributed by atoms with Crippen LogP contribution in [0.4, 0.5) is 20.6 Å². The predicted molar refractivity (Wildman–Crippen MR) is 150 cm³/mol. The van der Waals surface area contributed by atoms with Crippen LogP contribution in [0.1, 0.15) is 0 Å². The summed E-state index contributed by atoms with van der Waals surface area (Å²) in [5.41, 5.74) is 4.80. The number of hydrogen-bond acceptors (Lipinski definition) is 6. The van der Waals surface area contributed by atoms with E-state index >= 15 is 4.39 Å². The summed E-state index contributed by atoms with van der Waals surface area (Å²) in [5.74, 6) is -0.585. The van der Waals surface area contributed by atoms with Gasteiger partial charge < -0.3 is 20.2 Å². The zero-order valence-corrected chi connectivity index (χ0v) is 22.0. The second-order valence-corrected chi connectivity index (χ2v) is 10.1. The fourth-order valence-electron chi connectivity index (χ4n) is 5.15. The number of likely N-dealkylation sites (N-methyl/N-ethyl adjacent to an activating group) is 1. The van der Waals surface area contributed by atoms with Crippen molar-refractivity contribution < 1.29 is 14.3 Å². The Hall–Kier alpha value is -4.15. The first-order valence-corrected chi connectivity index (χ1v) is 13.1. The van der Waals surface area contributed by atoms with E-state index in [2.05, 4.69) is 20.4 Å². The summed E-state index contributed by atoms with van der Waals surface area (Å²) in [7, 11) is 1.74. The van der Waals surface area contributed by atoms with Crippen LogP contribution in [0.3, 0.4) is 0 Å². The van der Waals surface area contributed by atoms with Crippen molar-refractivity contribution >= 4 is 29.0 Å². The maximum Gasteiger partial charge on any atom is 0.324 e. The van der Waals surface area contributed by atoms with Gasteiger partial charge in [-0.25, -0.2) is 9.18 Å². The van der Waals surface area contributed by atoms with E-state index in [4.69, 9.17) is 16.6 Å². The van der Waals surface area contributed by atoms with Crippen LogP contribution in [-0.2, 0) is 0 Å². The van der Waals surface area contributed by atoms with Gasteiger partial charge in [-0.15, -0.1) is 0 Å². The minimum absolute atomic E-state index is 0.0821. The molecule has 2 saturated heterocycles. The molecule has 0 saturated carbocycles. The molecule has 2 amide bonds. The third-order valence-electron chi connectivity index (χ3n) is 7.25. The zero-order valence-electron chi connectivity index (χ0n) is 21.3. The molecule has 200 valence electrons. The van der Waals surface area contributed by atoms with Crippen molar-refractivity contribution in [3.8, 4) is 39.3 Å². The van der Waals surface area contributed by atoms with Gasteiger partial charge in [0.25, 0.3) is 0 Å². The van der Waals surface area contributed by atoms with Crippen LogP contribution in [-0.4, -0.2) is 77.5 Å². The minimum atomic E-state index is -0.503. The van der Waals surface area contributed by atoms with Gasteiger partial charge in [-0.1, -0.05) is 17.7 Å². The lowest BCUT2D eigenvalue weighted by Gasteiger charge is -2.31. The van der Waals surface area contributed by atoms with Crippen LogP contribution in [0.2, 0.25) is 5.02 Å². The van der Waals surface area contributed by atoms with Crippen LogP contribution in [0, 0.1) is 5.82 Å². The number of anilines is 2. The van der Waals surface area contributed by atoms with E-state index in [1.54, 1.807) is 53.6 Å². The molecule has 3 N–H and O–H groups in total. The summed E-state index contributed by atoms with van der Waals surface area (Å²) in [6.45, 7) is 4.38. The summed E-state index contributed by atoms with van der Waals surface area (Å²) in [6, 6.07) is 9.50. The Morgan fingerprint density at radius 1 is 0.949 bits per heavy atom. The number of rotatable bonds is 5. The number of H-pyrrole nitrogens is 1. The van der Waals surface area contributed by atoms with Crippen LogP contribution in [0.15, 0.2) is 55.0 Å². The Labute approximate surface area is 229 Å². The van der Waals surface area contributed by atoms with Crippen LogP contribution < -0.4 is 15.1 Å². The van der Waals surface area contributed by atoms with Crippen LogP contribution >= 0.6 is 11.6 Å². The van der Waals surface area contributed by atoms with Crippen molar-refractivity contribution in [2.45, 2.75) is 0 Å². The second kappa shape index (κ2) is 10.2. The second-order valence-electron chi connectivity index (χ2n) is 9.69. The molecule has 2 aromatic carbocycles. The molecule has 39 heavy (non-hydrogen) atoms. The first kappa shape index (κ1) is 25.1. The zero-order chi connectivity index (χ0) is 27.1. The summed E-state index contributed by atoms with van der Waals surface area (Å²) in [5, 5.41) is 22.0. The number of aromatic nitrogens is 3. The molecule has 2 fully saturated rings. The topological polar surface area (TPSA) is 101 Å². The van der Waals surface area contributed by atoms with Gasteiger partial charge in [0.05, 0.1) is 28.3 Å². The Balaban J connectivity index is 1.41. The number of aromatic hydroxyl groups is 1. The molecule has 6 rings (SSSR count). The number of phenols is 1. The van der Waals surface area contributed by atoms with Gasteiger partial charge in [0, 0.05) is 81.0 Å². The highest BCUT2D eigenvalue weighted by Gasteiger charge is 2.28. The third-order valence-corrected chi connectivity index (χ3v) is 7.55. The molecule has 4 heterocycles. The number of hydrogen-bond donors (Lipinski definition) is 3. The van der Waals surface area contributed by atoms with Gasteiger partial charge in [0.1, 0.15) is 11.6 Å². The minimum Gasteiger partial charge on any atom is -0.507 e. The number of aromatic amines is 1. The molecule has 2 aromatic heterocycles. The van der Waals surface area contributed by atoms with Crippen LogP contribution in [0.5, 0.6) is 5.75 Å². The summed E-state index contributed by atoms with van der Waals surface area (Å²) in [4.78, 5) is 22.6. The van der Waals surface area contributed by atoms with Crippen molar-refractivity contribution in [1.29, 1.82) is 0 Å². The Kier molecular flexibility index (Phi) is 6.58. The molecular weight excluding hydrogens is 521 g/mol. The SMILES string of the molecule is CN1CCN(c2ccc(-c3cc(F)cc(-c4cnc(-c5cn[nH]c5)c(N5CCNCC5)c4)c3O)cc2Cl)C1=O. The number of urea groups is 1. The van der Waals surface area contributed by atoms with E-state index in [0.29, 0.717) is 46.1 Å². The van der Waals surface area contributed by atoms with Crippen molar-refractivity contribution in [3.05, 3.63) is 65.8 Å². The maximum absolute atomic E-state index is 15.0. The number of piperazine rings is 1. The molecule has 0 aliphatic carbocycles. The van der Waals surface area contributed by atoms with E-state index in [0.717, 1.165) is 43.1 Å². The normalized spacial score (nSPS) is 15.9. The number of pyridine rings is 1. The van der Waals surface area contributed by atoms with Crippen molar-refractivity contribution in [1.82, 2.24) is 25.4 Å². The molecular formula is C28H27ClFN7O2. The molecule has 2 aliphatic rings. The largest absolute Gasteiger partial charge is 0.507 e. The standard InChI is InChI=1S/C28H27ClFN7O2/c1-35-8-9-37(28(35)39)24-3-2-17(10-23(24)29)21-12-20(30)13-22(27(21)38)18-11-25(36-6-4-31-5-7-36)26(32-14-18)19-15-33-34-16-19/h2-3,10-16,31,38H,4-9H2,1H3,(H,33,34). The smallest absolute Gasteiger partial charge is 0.324 e. The van der Waals surface area contributed by atoms with E-state index in [1.807, 2.05) is 6.07 Å². The van der Waals surface area contributed by atoms with Gasteiger partial charge in [-0.05, 0) is 35.9 Å². The molecule has 0 unspecified atom stereocenters. The number of amides is 2. The summed E-state index contributed by atoms with van der Waals surface area (Å²) < 4.78 is 15.0. The van der Waals surface area contributed by atoms with Crippen molar-refractivity contribution in [3.63, 3.8) is 0 Å². The van der Waals surface area contributed by atoms with Crippen molar-refractivity contribution in [2.75, 3.05) is 56.1 Å². The number of phenolic OH excluding ortho intramolecular Hbond substituents is 1. The molecule has 0 spiro atoms. The number of benzene rings is 2. The molecule has 4 aromatic rings.